The van der Waals surface area contributed by atoms with Gasteiger partial charge in [0.25, 0.3) is 0 Å². The Morgan fingerprint density at radius 3 is 2.50 bits per heavy atom. The highest BCUT2D eigenvalue weighted by Crippen LogP contribution is 2.46. The van der Waals surface area contributed by atoms with Gasteiger partial charge in [-0.1, -0.05) is 12.1 Å². The number of aryl methyl sites for hydroxylation is 1. The number of nitrogens with one attached hydrogen (secondary N) is 1. The van der Waals surface area contributed by atoms with E-state index in [2.05, 4.69) is 26.3 Å². The largest absolute Gasteiger partial charge is 0.436 e. The molecule has 140 valence electrons. The first kappa shape index (κ1) is 18.9. The monoisotopic (exact) mass is 433 g/mol. The average molecular weight is 434 g/mol. The molecule has 0 saturated heterocycles. The Hall–Kier alpha value is -1.90. The fourth-order valence-electron chi connectivity index (χ4n) is 2.65. The van der Waals surface area contributed by atoms with Gasteiger partial charge in [0, 0.05) is 18.9 Å². The number of carbonyl (C=O) groups is 1. The van der Waals surface area contributed by atoms with Crippen molar-refractivity contribution in [2.45, 2.75) is 44.4 Å². The molecule has 9 heteroatoms. The summed E-state index contributed by atoms with van der Waals surface area (Å²) >= 11 is 3.02. The first-order valence-corrected chi connectivity index (χ1v) is 8.89. The highest BCUT2D eigenvalue weighted by atomic mass is 79.9. The predicted octanol–water partition coefficient (Wildman–Crippen LogP) is 4.39. The van der Waals surface area contributed by atoms with Crippen molar-refractivity contribution in [3.63, 3.8) is 0 Å². The zero-order chi connectivity index (χ0) is 18.9. The first-order valence-electron chi connectivity index (χ1n) is 8.10. The number of nitrogens with zero attached hydrogens (tertiary/aromatic N) is 2. The third-order valence-electron chi connectivity index (χ3n) is 4.12. The summed E-state index contributed by atoms with van der Waals surface area (Å²) in [5.41, 5.74) is 0.286. The van der Waals surface area contributed by atoms with Crippen molar-refractivity contribution < 1.29 is 22.4 Å². The van der Waals surface area contributed by atoms with Gasteiger partial charge in [-0.05, 0) is 46.5 Å². The standard InChI is InChI=1S/C17H16BrF4N3O/c18-14-15(11-3-4-11)25(24-16(14)17(20,21)22)8-7-13(26)23-9-10-1-5-12(19)6-2-10/h1-2,5-6,11H,3-4,7-9H2,(H,23,26). The van der Waals surface area contributed by atoms with Gasteiger partial charge in [0.1, 0.15) is 5.82 Å². The van der Waals surface area contributed by atoms with Crippen LogP contribution >= 0.6 is 15.9 Å². The molecule has 1 aliphatic carbocycles. The maximum absolute atomic E-state index is 13.0. The van der Waals surface area contributed by atoms with E-state index in [1.165, 1.54) is 16.8 Å². The Kier molecular flexibility index (Phi) is 5.36. The van der Waals surface area contributed by atoms with E-state index in [0.29, 0.717) is 5.69 Å². The van der Waals surface area contributed by atoms with Crippen LogP contribution in [0.1, 0.15) is 42.1 Å². The highest BCUT2D eigenvalue weighted by Gasteiger charge is 2.41. The van der Waals surface area contributed by atoms with E-state index in [1.54, 1.807) is 12.1 Å². The van der Waals surface area contributed by atoms with Gasteiger partial charge in [0.2, 0.25) is 5.91 Å². The smallest absolute Gasteiger partial charge is 0.352 e. The molecule has 0 atom stereocenters. The molecule has 1 aromatic carbocycles. The van der Waals surface area contributed by atoms with Crippen molar-refractivity contribution >= 4 is 21.8 Å². The molecular weight excluding hydrogens is 418 g/mol. The van der Waals surface area contributed by atoms with Crippen LogP contribution < -0.4 is 5.32 Å². The van der Waals surface area contributed by atoms with Crippen molar-refractivity contribution in [3.8, 4) is 0 Å². The van der Waals surface area contributed by atoms with E-state index in [9.17, 15) is 22.4 Å². The molecule has 1 fully saturated rings. The summed E-state index contributed by atoms with van der Waals surface area (Å²) in [7, 11) is 0. The van der Waals surface area contributed by atoms with Crippen LogP contribution in [0.4, 0.5) is 17.6 Å². The molecule has 1 heterocycles. The molecule has 0 bridgehead atoms. The second-order valence-electron chi connectivity index (χ2n) is 6.20. The van der Waals surface area contributed by atoms with Crippen LogP contribution in [0.15, 0.2) is 28.7 Å². The second-order valence-corrected chi connectivity index (χ2v) is 6.99. The molecule has 2 aromatic rings. The van der Waals surface area contributed by atoms with Crippen molar-refractivity contribution in [2.24, 2.45) is 0 Å². The Balaban J connectivity index is 1.62. The van der Waals surface area contributed by atoms with Gasteiger partial charge in [-0.15, -0.1) is 0 Å². The molecule has 26 heavy (non-hydrogen) atoms. The van der Waals surface area contributed by atoms with Crippen LogP contribution in [0.25, 0.3) is 0 Å². The molecule has 1 aliphatic rings. The van der Waals surface area contributed by atoms with E-state index >= 15 is 0 Å². The summed E-state index contributed by atoms with van der Waals surface area (Å²) in [6.45, 7) is 0.293. The molecule has 1 amide bonds. The number of benzene rings is 1. The van der Waals surface area contributed by atoms with Crippen molar-refractivity contribution in [1.29, 1.82) is 0 Å². The lowest BCUT2D eigenvalue weighted by Crippen LogP contribution is -2.24. The molecule has 4 nitrogen and oxygen atoms in total. The third-order valence-corrected chi connectivity index (χ3v) is 4.90. The molecule has 1 aromatic heterocycles. The maximum Gasteiger partial charge on any atom is 0.436 e. The van der Waals surface area contributed by atoms with Gasteiger partial charge < -0.3 is 5.32 Å². The molecule has 1 saturated carbocycles. The maximum atomic E-state index is 13.0. The van der Waals surface area contributed by atoms with Crippen LogP contribution in [0.3, 0.4) is 0 Å². The minimum Gasteiger partial charge on any atom is -0.352 e. The number of hydrogen-bond donors (Lipinski definition) is 1. The Labute approximate surface area is 155 Å². The fourth-order valence-corrected chi connectivity index (χ4v) is 3.48. The number of halogens is 5. The van der Waals surface area contributed by atoms with Crippen molar-refractivity contribution in [1.82, 2.24) is 15.1 Å². The van der Waals surface area contributed by atoms with Gasteiger partial charge in [-0.25, -0.2) is 4.39 Å². The average Bonchev–Trinajstić information content (AvgIpc) is 3.34. The number of rotatable bonds is 6. The third kappa shape index (κ3) is 4.44. The fraction of sp³-hybridized carbons (Fsp3) is 0.412. The van der Waals surface area contributed by atoms with E-state index in [1.807, 2.05) is 0 Å². The second kappa shape index (κ2) is 7.38. The molecular formula is C17H16BrF4N3O. The zero-order valence-corrected chi connectivity index (χ0v) is 15.2. The van der Waals surface area contributed by atoms with Crippen LogP contribution in [0.2, 0.25) is 0 Å². The Morgan fingerprint density at radius 1 is 1.27 bits per heavy atom. The van der Waals surface area contributed by atoms with Crippen LogP contribution in [0, 0.1) is 5.82 Å². The summed E-state index contributed by atoms with van der Waals surface area (Å²) in [5, 5.41) is 6.33. The zero-order valence-electron chi connectivity index (χ0n) is 13.6. The number of alkyl halides is 3. The normalized spacial score (nSPS) is 14.5. The SMILES string of the molecule is O=C(CCn1nc(C(F)(F)F)c(Br)c1C1CC1)NCc1ccc(F)cc1. The Bertz CT molecular complexity index is 798. The van der Waals surface area contributed by atoms with E-state index in [4.69, 9.17) is 0 Å². The summed E-state index contributed by atoms with van der Waals surface area (Å²) in [6.07, 6.45) is -2.90. The highest BCUT2D eigenvalue weighted by molar-refractivity contribution is 9.10. The van der Waals surface area contributed by atoms with Gasteiger partial charge in [0.15, 0.2) is 5.69 Å². The minimum atomic E-state index is -4.54. The number of hydrogen-bond acceptors (Lipinski definition) is 2. The lowest BCUT2D eigenvalue weighted by atomic mass is 10.2. The molecule has 0 spiro atoms. The van der Waals surface area contributed by atoms with E-state index < -0.39 is 11.9 Å². The topological polar surface area (TPSA) is 46.9 Å². The molecule has 3 rings (SSSR count). The van der Waals surface area contributed by atoms with E-state index in [-0.39, 0.29) is 41.6 Å². The first-order chi connectivity index (χ1) is 12.3. The molecule has 0 unspecified atom stereocenters. The van der Waals surface area contributed by atoms with Crippen LogP contribution in [0.5, 0.6) is 0 Å². The van der Waals surface area contributed by atoms with Crippen molar-refractivity contribution in [3.05, 3.63) is 51.5 Å². The van der Waals surface area contributed by atoms with Gasteiger partial charge in [0.05, 0.1) is 16.7 Å². The van der Waals surface area contributed by atoms with Gasteiger partial charge >= 0.3 is 6.18 Å². The molecule has 0 aliphatic heterocycles. The van der Waals surface area contributed by atoms with Crippen molar-refractivity contribution in [2.75, 3.05) is 0 Å². The summed E-state index contributed by atoms with van der Waals surface area (Å²) in [6, 6.07) is 5.70. The number of amides is 1. The number of aromatic nitrogens is 2. The van der Waals surface area contributed by atoms with Crippen LogP contribution in [-0.2, 0) is 24.1 Å². The Morgan fingerprint density at radius 2 is 1.92 bits per heavy atom. The van der Waals surface area contributed by atoms with Gasteiger partial charge in [-0.3, -0.25) is 9.48 Å². The molecule has 0 radical (unpaired) electrons. The van der Waals surface area contributed by atoms with E-state index in [0.717, 1.165) is 18.4 Å². The lowest BCUT2D eigenvalue weighted by Gasteiger charge is -2.08. The number of carbonyl (C=O) groups excluding carboxylic acids is 1. The minimum absolute atomic E-state index is 0.00628. The molecule has 1 N–H and O–H groups in total. The van der Waals surface area contributed by atoms with Gasteiger partial charge in [-0.2, -0.15) is 18.3 Å². The lowest BCUT2D eigenvalue weighted by molar-refractivity contribution is -0.142. The summed E-state index contributed by atoms with van der Waals surface area (Å²) < 4.78 is 53.2. The predicted molar refractivity (Wildman–Crippen MR) is 89.8 cm³/mol. The summed E-state index contributed by atoms with van der Waals surface area (Å²) in [4.78, 5) is 12.0. The van der Waals surface area contributed by atoms with Crippen LogP contribution in [-0.4, -0.2) is 15.7 Å². The quantitative estimate of drug-likeness (QED) is 0.686. The summed E-state index contributed by atoms with van der Waals surface area (Å²) in [5.74, 6) is -0.621.